The highest BCUT2D eigenvalue weighted by atomic mass is 32.2. The topological polar surface area (TPSA) is 92.3 Å². The molecule has 0 aromatic heterocycles. The van der Waals surface area contributed by atoms with E-state index in [1.807, 2.05) is 49.4 Å². The number of guanidine groups is 1. The molecule has 0 atom stereocenters. The molecule has 2 aromatic rings. The monoisotopic (exact) mass is 444 g/mol. The van der Waals surface area contributed by atoms with Crippen molar-refractivity contribution in [2.75, 3.05) is 43.0 Å². The molecule has 0 saturated carbocycles. The Hall–Kier alpha value is -2.94. The van der Waals surface area contributed by atoms with E-state index in [2.05, 4.69) is 15.6 Å². The van der Waals surface area contributed by atoms with Crippen LogP contribution in [0.3, 0.4) is 0 Å². The molecule has 2 N–H and O–H groups in total. The van der Waals surface area contributed by atoms with Crippen LogP contribution >= 0.6 is 0 Å². The van der Waals surface area contributed by atoms with Gasteiger partial charge in [0, 0.05) is 19.6 Å². The second-order valence-corrected chi connectivity index (χ2v) is 9.40. The molecule has 0 radical (unpaired) electrons. The third-order valence-electron chi connectivity index (χ3n) is 5.29. The van der Waals surface area contributed by atoms with E-state index in [1.54, 1.807) is 0 Å². The lowest BCUT2D eigenvalue weighted by atomic mass is 10.1. The van der Waals surface area contributed by atoms with Gasteiger partial charge in [-0.3, -0.25) is 9.30 Å². The maximum absolute atomic E-state index is 12.8. The Labute approximate surface area is 183 Å². The molecule has 2 aromatic carbocycles. The molecule has 0 aliphatic carbocycles. The molecule has 0 spiro atoms. The number of benzene rings is 2. The molecule has 2 aliphatic rings. The first-order chi connectivity index (χ1) is 15.1. The zero-order valence-corrected chi connectivity index (χ0v) is 18.5. The van der Waals surface area contributed by atoms with Crippen molar-refractivity contribution in [3.63, 3.8) is 0 Å². The lowest BCUT2D eigenvalue weighted by molar-refractivity contribution is 0.174. The second kappa shape index (κ2) is 9.47. The standard InChI is InChI=1S/C22H28N4O4S/c1-2-23-22(24-11-9-17-7-8-20-21(15-17)30-16-29-20)25-12-14-31(27,28)26-13-10-18-5-3-4-6-19(18)26/h3-8,15H,2,9-14,16H2,1H3,(H2,23,24,25). The van der Waals surface area contributed by atoms with E-state index in [0.717, 1.165) is 41.2 Å². The molecule has 0 bridgehead atoms. The van der Waals surface area contributed by atoms with Gasteiger partial charge in [0.2, 0.25) is 16.8 Å². The fourth-order valence-corrected chi connectivity index (χ4v) is 5.13. The van der Waals surface area contributed by atoms with Gasteiger partial charge in [0.25, 0.3) is 0 Å². The highest BCUT2D eigenvalue weighted by Gasteiger charge is 2.28. The largest absolute Gasteiger partial charge is 0.454 e. The van der Waals surface area contributed by atoms with Gasteiger partial charge in [0.05, 0.1) is 18.0 Å². The lowest BCUT2D eigenvalue weighted by Crippen LogP contribution is -2.39. The molecule has 166 valence electrons. The minimum atomic E-state index is -3.41. The molecule has 31 heavy (non-hydrogen) atoms. The van der Waals surface area contributed by atoms with Crippen LogP contribution in [-0.2, 0) is 22.9 Å². The predicted octanol–water partition coefficient (Wildman–Crippen LogP) is 1.91. The first-order valence-corrected chi connectivity index (χ1v) is 12.2. The Balaban J connectivity index is 1.30. The zero-order chi connectivity index (χ0) is 21.7. The number of nitrogens with zero attached hydrogens (tertiary/aromatic N) is 2. The normalized spacial score (nSPS) is 15.1. The van der Waals surface area contributed by atoms with Crippen LogP contribution in [0.2, 0.25) is 0 Å². The molecule has 8 nitrogen and oxygen atoms in total. The minimum absolute atomic E-state index is 0.0277. The van der Waals surface area contributed by atoms with Crippen LogP contribution in [0.4, 0.5) is 5.69 Å². The van der Waals surface area contributed by atoms with Gasteiger partial charge in [0.1, 0.15) is 0 Å². The van der Waals surface area contributed by atoms with E-state index in [0.29, 0.717) is 25.6 Å². The molecule has 2 aliphatic heterocycles. The number of sulfonamides is 1. The molecular weight excluding hydrogens is 416 g/mol. The van der Waals surface area contributed by atoms with Gasteiger partial charge >= 0.3 is 0 Å². The number of para-hydroxylation sites is 1. The first-order valence-electron chi connectivity index (χ1n) is 10.6. The van der Waals surface area contributed by atoms with Crippen molar-refractivity contribution in [3.05, 3.63) is 53.6 Å². The molecule has 0 saturated heterocycles. The highest BCUT2D eigenvalue weighted by molar-refractivity contribution is 7.92. The van der Waals surface area contributed by atoms with Crippen LogP contribution in [0.1, 0.15) is 18.1 Å². The summed E-state index contributed by atoms with van der Waals surface area (Å²) in [7, 11) is -3.41. The van der Waals surface area contributed by atoms with Gasteiger partial charge in [-0.25, -0.2) is 8.42 Å². The Kier molecular flexibility index (Phi) is 6.50. The van der Waals surface area contributed by atoms with Gasteiger partial charge in [-0.1, -0.05) is 24.3 Å². The number of hydrogen-bond acceptors (Lipinski definition) is 5. The SMILES string of the molecule is CCNC(=NCCS(=O)(=O)N1CCc2ccccc21)NCCc1ccc2c(c1)OCO2. The van der Waals surface area contributed by atoms with Crippen molar-refractivity contribution in [1.82, 2.24) is 10.6 Å². The number of aliphatic imine (C=N–C) groups is 1. The van der Waals surface area contributed by atoms with E-state index < -0.39 is 10.0 Å². The summed E-state index contributed by atoms with van der Waals surface area (Å²) in [6, 6.07) is 13.6. The van der Waals surface area contributed by atoms with Gasteiger partial charge < -0.3 is 20.1 Å². The number of hydrogen-bond donors (Lipinski definition) is 2. The van der Waals surface area contributed by atoms with E-state index in [1.165, 1.54) is 4.31 Å². The first kappa shape index (κ1) is 21.3. The van der Waals surface area contributed by atoms with E-state index in [-0.39, 0.29) is 19.1 Å². The minimum Gasteiger partial charge on any atom is -0.454 e. The zero-order valence-electron chi connectivity index (χ0n) is 17.6. The Morgan fingerprint density at radius 3 is 2.84 bits per heavy atom. The molecule has 9 heteroatoms. The summed E-state index contributed by atoms with van der Waals surface area (Å²) in [6.45, 7) is 4.30. The third kappa shape index (κ3) is 5.04. The summed E-state index contributed by atoms with van der Waals surface area (Å²) in [4.78, 5) is 4.46. The summed E-state index contributed by atoms with van der Waals surface area (Å²) in [6.07, 6.45) is 1.53. The Morgan fingerprint density at radius 1 is 1.13 bits per heavy atom. The summed E-state index contributed by atoms with van der Waals surface area (Å²) in [5.74, 6) is 2.13. The third-order valence-corrected chi connectivity index (χ3v) is 7.04. The quantitative estimate of drug-likeness (QED) is 0.477. The number of nitrogens with one attached hydrogen (secondary N) is 2. The van der Waals surface area contributed by atoms with Crippen LogP contribution in [0, 0.1) is 0 Å². The molecule has 4 rings (SSSR count). The Morgan fingerprint density at radius 2 is 1.97 bits per heavy atom. The van der Waals surface area contributed by atoms with Gasteiger partial charge in [0.15, 0.2) is 17.5 Å². The van der Waals surface area contributed by atoms with Gasteiger partial charge in [-0.2, -0.15) is 0 Å². The molecule has 2 heterocycles. The molecule has 0 fully saturated rings. The summed E-state index contributed by atoms with van der Waals surface area (Å²) in [5.41, 5.74) is 3.00. The second-order valence-electron chi connectivity index (χ2n) is 7.39. The van der Waals surface area contributed by atoms with E-state index in [4.69, 9.17) is 9.47 Å². The summed E-state index contributed by atoms with van der Waals surface area (Å²) in [5, 5.41) is 6.43. The smallest absolute Gasteiger partial charge is 0.237 e. The summed E-state index contributed by atoms with van der Waals surface area (Å²) >= 11 is 0. The van der Waals surface area contributed by atoms with Crippen molar-refractivity contribution < 1.29 is 17.9 Å². The van der Waals surface area contributed by atoms with E-state index in [9.17, 15) is 8.42 Å². The van der Waals surface area contributed by atoms with Crippen molar-refractivity contribution in [2.24, 2.45) is 4.99 Å². The van der Waals surface area contributed by atoms with Gasteiger partial charge in [-0.05, 0) is 49.1 Å². The average Bonchev–Trinajstić information content (AvgIpc) is 3.40. The molecule has 0 amide bonds. The molecule has 0 unspecified atom stereocenters. The van der Waals surface area contributed by atoms with Crippen molar-refractivity contribution in [3.8, 4) is 11.5 Å². The maximum atomic E-state index is 12.8. The highest BCUT2D eigenvalue weighted by Crippen LogP contribution is 2.32. The van der Waals surface area contributed by atoms with Crippen molar-refractivity contribution in [2.45, 2.75) is 19.8 Å². The number of fused-ring (bicyclic) bond motifs is 2. The van der Waals surface area contributed by atoms with Gasteiger partial charge in [-0.15, -0.1) is 0 Å². The number of rotatable bonds is 8. The fourth-order valence-electron chi connectivity index (χ4n) is 3.74. The summed E-state index contributed by atoms with van der Waals surface area (Å²) < 4.78 is 37.9. The van der Waals surface area contributed by atoms with E-state index >= 15 is 0 Å². The van der Waals surface area contributed by atoms with Crippen LogP contribution in [0.15, 0.2) is 47.5 Å². The van der Waals surface area contributed by atoms with Crippen LogP contribution in [0.25, 0.3) is 0 Å². The lowest BCUT2D eigenvalue weighted by Gasteiger charge is -2.19. The average molecular weight is 445 g/mol. The number of ether oxygens (including phenoxy) is 2. The van der Waals surface area contributed by atoms with Crippen LogP contribution in [0.5, 0.6) is 11.5 Å². The van der Waals surface area contributed by atoms with Crippen LogP contribution < -0.4 is 24.4 Å². The maximum Gasteiger partial charge on any atom is 0.237 e. The number of anilines is 1. The Bertz CT molecular complexity index is 1060. The van der Waals surface area contributed by atoms with Crippen LogP contribution in [-0.4, -0.2) is 53.1 Å². The van der Waals surface area contributed by atoms with Crippen molar-refractivity contribution in [1.29, 1.82) is 0 Å². The predicted molar refractivity (Wildman–Crippen MR) is 122 cm³/mol. The molecular formula is C22H28N4O4S. The van der Waals surface area contributed by atoms with Crippen molar-refractivity contribution >= 4 is 21.7 Å². The fraction of sp³-hybridized carbons (Fsp3) is 0.409.